The Balaban J connectivity index is 3.29. The van der Waals surface area contributed by atoms with E-state index in [1.807, 2.05) is 13.8 Å². The molecule has 0 saturated heterocycles. The fourth-order valence-electron chi connectivity index (χ4n) is 0.939. The van der Waals surface area contributed by atoms with Gasteiger partial charge in [-0.25, -0.2) is 4.98 Å². The molecule has 11 heavy (non-hydrogen) atoms. The van der Waals surface area contributed by atoms with Gasteiger partial charge >= 0.3 is 0 Å². The van der Waals surface area contributed by atoms with E-state index in [-0.39, 0.29) is 0 Å². The molecule has 59 valence electrons. The zero-order chi connectivity index (χ0) is 8.43. The van der Waals surface area contributed by atoms with Gasteiger partial charge in [0.25, 0.3) is 0 Å². The number of methoxy groups -OCH3 is 1. The molecular formula is C8H9BrNO. The van der Waals surface area contributed by atoms with Crippen LogP contribution in [0.25, 0.3) is 0 Å². The molecular weight excluding hydrogens is 206 g/mol. The Hall–Kier alpha value is -0.570. The lowest BCUT2D eigenvalue weighted by Gasteiger charge is -2.07. The first-order valence-electron chi connectivity index (χ1n) is 3.25. The zero-order valence-electron chi connectivity index (χ0n) is 6.73. The van der Waals surface area contributed by atoms with Gasteiger partial charge in [-0.3, -0.25) is 0 Å². The highest BCUT2D eigenvalue weighted by Gasteiger charge is 2.06. The van der Waals surface area contributed by atoms with Gasteiger partial charge in [0.05, 0.1) is 17.3 Å². The van der Waals surface area contributed by atoms with Crippen molar-refractivity contribution in [2.45, 2.75) is 13.8 Å². The molecule has 0 aliphatic rings. The van der Waals surface area contributed by atoms with Gasteiger partial charge in [0.15, 0.2) is 0 Å². The molecule has 0 unspecified atom stereocenters. The summed E-state index contributed by atoms with van der Waals surface area (Å²) in [5, 5.41) is 0. The van der Waals surface area contributed by atoms with Crippen LogP contribution in [0.1, 0.15) is 11.3 Å². The van der Waals surface area contributed by atoms with Crippen LogP contribution in [0.2, 0.25) is 0 Å². The average molecular weight is 215 g/mol. The van der Waals surface area contributed by atoms with Crippen LogP contribution in [0.3, 0.4) is 0 Å². The molecule has 0 bridgehead atoms. The molecule has 0 atom stereocenters. The SMILES string of the molecule is COc1c(C)n[c]c(Br)c1C. The highest BCUT2D eigenvalue weighted by Crippen LogP contribution is 2.26. The maximum atomic E-state index is 5.14. The van der Waals surface area contributed by atoms with Crippen molar-refractivity contribution >= 4 is 15.9 Å². The molecule has 0 aliphatic heterocycles. The largest absolute Gasteiger partial charge is 0.495 e. The molecule has 0 fully saturated rings. The minimum Gasteiger partial charge on any atom is -0.495 e. The lowest BCUT2D eigenvalue weighted by atomic mass is 10.2. The fraction of sp³-hybridized carbons (Fsp3) is 0.375. The molecule has 0 saturated carbocycles. The predicted molar refractivity (Wildman–Crippen MR) is 46.8 cm³/mol. The maximum Gasteiger partial charge on any atom is 0.144 e. The molecule has 0 aliphatic carbocycles. The number of rotatable bonds is 1. The Morgan fingerprint density at radius 3 is 2.55 bits per heavy atom. The summed E-state index contributed by atoms with van der Waals surface area (Å²) < 4.78 is 6.01. The van der Waals surface area contributed by atoms with Crippen molar-refractivity contribution in [1.82, 2.24) is 4.98 Å². The summed E-state index contributed by atoms with van der Waals surface area (Å²) in [6.07, 6.45) is 2.83. The molecule has 1 aromatic heterocycles. The second kappa shape index (κ2) is 3.22. The summed E-state index contributed by atoms with van der Waals surface area (Å²) >= 11 is 3.32. The number of pyridine rings is 1. The summed E-state index contributed by atoms with van der Waals surface area (Å²) in [5.74, 6) is 0.829. The number of ether oxygens (including phenoxy) is 1. The Morgan fingerprint density at radius 2 is 2.09 bits per heavy atom. The van der Waals surface area contributed by atoms with Crippen molar-refractivity contribution in [3.05, 3.63) is 21.9 Å². The van der Waals surface area contributed by atoms with E-state index in [9.17, 15) is 0 Å². The zero-order valence-corrected chi connectivity index (χ0v) is 8.32. The van der Waals surface area contributed by atoms with Crippen LogP contribution in [0.15, 0.2) is 4.47 Å². The standard InChI is InChI=1S/C8H9BrNO/c1-5-7(9)4-10-6(2)8(5)11-3/h1-3H3. The van der Waals surface area contributed by atoms with Crippen LogP contribution in [-0.4, -0.2) is 12.1 Å². The maximum absolute atomic E-state index is 5.14. The number of hydrogen-bond donors (Lipinski definition) is 0. The Kier molecular flexibility index (Phi) is 2.49. The number of hydrogen-bond acceptors (Lipinski definition) is 2. The normalized spacial score (nSPS) is 9.82. The number of nitrogens with zero attached hydrogens (tertiary/aromatic N) is 1. The first kappa shape index (κ1) is 8.53. The molecule has 1 heterocycles. The van der Waals surface area contributed by atoms with E-state index in [0.717, 1.165) is 21.5 Å². The summed E-state index contributed by atoms with van der Waals surface area (Å²) in [4.78, 5) is 4.01. The molecule has 2 nitrogen and oxygen atoms in total. The second-order valence-electron chi connectivity index (χ2n) is 2.28. The topological polar surface area (TPSA) is 22.1 Å². The van der Waals surface area contributed by atoms with Crippen molar-refractivity contribution in [3.63, 3.8) is 0 Å². The summed E-state index contributed by atoms with van der Waals surface area (Å²) in [5.41, 5.74) is 1.91. The van der Waals surface area contributed by atoms with E-state index >= 15 is 0 Å². The van der Waals surface area contributed by atoms with E-state index < -0.39 is 0 Å². The molecule has 1 rings (SSSR count). The third-order valence-corrected chi connectivity index (χ3v) is 2.30. The molecule has 1 radical (unpaired) electrons. The van der Waals surface area contributed by atoms with Crippen LogP contribution in [0.4, 0.5) is 0 Å². The van der Waals surface area contributed by atoms with E-state index in [4.69, 9.17) is 4.74 Å². The lowest BCUT2D eigenvalue weighted by Crippen LogP contribution is -1.94. The third kappa shape index (κ3) is 1.53. The number of aromatic nitrogens is 1. The lowest BCUT2D eigenvalue weighted by molar-refractivity contribution is 0.405. The van der Waals surface area contributed by atoms with Crippen molar-refractivity contribution in [3.8, 4) is 5.75 Å². The fourth-order valence-corrected chi connectivity index (χ4v) is 1.21. The van der Waals surface area contributed by atoms with Gasteiger partial charge in [-0.1, -0.05) is 0 Å². The van der Waals surface area contributed by atoms with Crippen LogP contribution < -0.4 is 4.74 Å². The molecule has 0 aromatic carbocycles. The van der Waals surface area contributed by atoms with Gasteiger partial charge in [-0.15, -0.1) is 0 Å². The quantitative estimate of drug-likeness (QED) is 0.716. The van der Waals surface area contributed by atoms with Crippen LogP contribution >= 0.6 is 15.9 Å². The van der Waals surface area contributed by atoms with Crippen molar-refractivity contribution in [2.24, 2.45) is 0 Å². The van der Waals surface area contributed by atoms with Gasteiger partial charge in [-0.2, -0.15) is 0 Å². The minimum absolute atomic E-state index is 0.829. The van der Waals surface area contributed by atoms with Gasteiger partial charge in [0, 0.05) is 5.56 Å². The van der Waals surface area contributed by atoms with E-state index in [1.165, 1.54) is 0 Å². The van der Waals surface area contributed by atoms with Crippen LogP contribution in [0, 0.1) is 20.0 Å². The summed E-state index contributed by atoms with van der Waals surface area (Å²) in [6, 6.07) is 0. The van der Waals surface area contributed by atoms with Crippen molar-refractivity contribution in [2.75, 3.05) is 7.11 Å². The van der Waals surface area contributed by atoms with E-state index in [0.29, 0.717) is 0 Å². The minimum atomic E-state index is 0.829. The van der Waals surface area contributed by atoms with Crippen molar-refractivity contribution < 1.29 is 4.74 Å². The average Bonchev–Trinajstić information content (AvgIpc) is 1.99. The first-order valence-corrected chi connectivity index (χ1v) is 4.04. The molecule has 1 aromatic rings. The molecule has 0 spiro atoms. The highest BCUT2D eigenvalue weighted by atomic mass is 79.9. The van der Waals surface area contributed by atoms with Crippen molar-refractivity contribution in [1.29, 1.82) is 0 Å². The highest BCUT2D eigenvalue weighted by molar-refractivity contribution is 9.10. The van der Waals surface area contributed by atoms with Crippen LogP contribution in [0.5, 0.6) is 5.75 Å². The third-order valence-electron chi connectivity index (χ3n) is 1.52. The van der Waals surface area contributed by atoms with Gasteiger partial charge < -0.3 is 4.74 Å². The summed E-state index contributed by atoms with van der Waals surface area (Å²) in [6.45, 7) is 3.86. The Labute approximate surface area is 74.7 Å². The predicted octanol–water partition coefficient (Wildman–Crippen LogP) is 2.27. The van der Waals surface area contributed by atoms with Gasteiger partial charge in [0.2, 0.25) is 0 Å². The van der Waals surface area contributed by atoms with Gasteiger partial charge in [-0.05, 0) is 29.8 Å². The van der Waals surface area contributed by atoms with Crippen LogP contribution in [-0.2, 0) is 0 Å². The summed E-state index contributed by atoms with van der Waals surface area (Å²) in [7, 11) is 1.64. The molecule has 3 heteroatoms. The monoisotopic (exact) mass is 214 g/mol. The Bertz CT molecular complexity index is 273. The van der Waals surface area contributed by atoms with E-state index in [1.54, 1.807) is 7.11 Å². The smallest absolute Gasteiger partial charge is 0.144 e. The van der Waals surface area contributed by atoms with E-state index in [2.05, 4.69) is 27.1 Å². The number of aryl methyl sites for hydroxylation is 1. The second-order valence-corrected chi connectivity index (χ2v) is 3.07. The first-order chi connectivity index (χ1) is 5.16. The molecule has 0 amide bonds. The van der Waals surface area contributed by atoms with Gasteiger partial charge in [0.1, 0.15) is 11.9 Å². The number of halogens is 1. The Morgan fingerprint density at radius 1 is 1.45 bits per heavy atom. The molecule has 0 N–H and O–H groups in total.